The summed E-state index contributed by atoms with van der Waals surface area (Å²) in [6.45, 7) is 4.66. The minimum absolute atomic E-state index is 0.412. The van der Waals surface area contributed by atoms with Gasteiger partial charge in [0.25, 0.3) is 5.79 Å². The predicted octanol–water partition coefficient (Wildman–Crippen LogP) is 4.60. The number of rotatable bonds is 8. The standard InChI is InChI=1S/C19H22ClNO3/c1-4-23-19(24-5-2,18-8-6-7-13-21-18)17(20)14-15-9-11-16(22-3)12-10-15/h6-14H,4-5H2,1-3H3/b17-14-. The van der Waals surface area contributed by atoms with E-state index in [0.29, 0.717) is 23.9 Å². The normalized spacial score (nSPS) is 12.2. The van der Waals surface area contributed by atoms with Gasteiger partial charge in [-0.1, -0.05) is 29.8 Å². The van der Waals surface area contributed by atoms with E-state index in [2.05, 4.69) is 4.98 Å². The molecule has 0 aliphatic rings. The molecule has 5 heteroatoms. The Bertz CT molecular complexity index is 650. The average Bonchev–Trinajstić information content (AvgIpc) is 2.62. The van der Waals surface area contributed by atoms with Crippen molar-refractivity contribution in [1.82, 2.24) is 4.98 Å². The van der Waals surface area contributed by atoms with Gasteiger partial charge in [-0.15, -0.1) is 0 Å². The van der Waals surface area contributed by atoms with E-state index >= 15 is 0 Å². The molecule has 0 saturated heterocycles. The minimum Gasteiger partial charge on any atom is -0.497 e. The lowest BCUT2D eigenvalue weighted by molar-refractivity contribution is -0.212. The van der Waals surface area contributed by atoms with Crippen LogP contribution in [0.25, 0.3) is 6.08 Å². The Balaban J connectivity index is 2.46. The third kappa shape index (κ3) is 4.15. The largest absolute Gasteiger partial charge is 0.497 e. The van der Waals surface area contributed by atoms with Crippen LogP contribution in [-0.4, -0.2) is 25.3 Å². The number of halogens is 1. The first-order chi connectivity index (χ1) is 11.7. The van der Waals surface area contributed by atoms with Gasteiger partial charge >= 0.3 is 0 Å². The fourth-order valence-corrected chi connectivity index (χ4v) is 2.69. The maximum atomic E-state index is 6.64. The summed E-state index contributed by atoms with van der Waals surface area (Å²) in [6.07, 6.45) is 3.51. The minimum atomic E-state index is -1.22. The first-order valence-corrected chi connectivity index (χ1v) is 8.25. The Hall–Kier alpha value is -1.88. The number of nitrogens with zero attached hydrogens (tertiary/aromatic N) is 1. The van der Waals surface area contributed by atoms with Gasteiger partial charge in [0, 0.05) is 19.4 Å². The molecular weight excluding hydrogens is 326 g/mol. The lowest BCUT2D eigenvalue weighted by Gasteiger charge is -2.32. The molecule has 0 fully saturated rings. The van der Waals surface area contributed by atoms with E-state index in [1.165, 1.54) is 0 Å². The molecule has 0 unspecified atom stereocenters. The van der Waals surface area contributed by atoms with Crippen LogP contribution in [0.3, 0.4) is 0 Å². The smallest absolute Gasteiger partial charge is 0.250 e. The van der Waals surface area contributed by atoms with Crippen LogP contribution in [-0.2, 0) is 15.3 Å². The quantitative estimate of drug-likeness (QED) is 0.654. The number of aromatic nitrogens is 1. The van der Waals surface area contributed by atoms with Crippen molar-refractivity contribution in [2.24, 2.45) is 0 Å². The number of hydrogen-bond acceptors (Lipinski definition) is 4. The molecule has 2 rings (SSSR count). The van der Waals surface area contributed by atoms with Crippen LogP contribution in [0.15, 0.2) is 53.7 Å². The number of ether oxygens (including phenoxy) is 3. The zero-order valence-corrected chi connectivity index (χ0v) is 14.9. The van der Waals surface area contributed by atoms with Gasteiger partial charge in [-0.2, -0.15) is 0 Å². The number of pyridine rings is 1. The summed E-state index contributed by atoms with van der Waals surface area (Å²) in [5, 5.41) is 0.412. The summed E-state index contributed by atoms with van der Waals surface area (Å²) in [6, 6.07) is 13.2. The molecule has 1 aromatic heterocycles. The van der Waals surface area contributed by atoms with Gasteiger partial charge in [0.05, 0.1) is 12.1 Å². The van der Waals surface area contributed by atoms with E-state index in [0.717, 1.165) is 11.3 Å². The van der Waals surface area contributed by atoms with Crippen molar-refractivity contribution in [2.75, 3.05) is 20.3 Å². The Labute approximate surface area is 148 Å². The van der Waals surface area contributed by atoms with E-state index in [1.807, 2.05) is 62.4 Å². The predicted molar refractivity (Wildman–Crippen MR) is 96.0 cm³/mol. The maximum Gasteiger partial charge on any atom is 0.250 e. The van der Waals surface area contributed by atoms with Crippen LogP contribution < -0.4 is 4.74 Å². The molecule has 1 aromatic carbocycles. The molecule has 4 nitrogen and oxygen atoms in total. The van der Waals surface area contributed by atoms with E-state index in [-0.39, 0.29) is 0 Å². The number of benzene rings is 1. The lowest BCUT2D eigenvalue weighted by atomic mass is 10.1. The van der Waals surface area contributed by atoms with Gasteiger partial charge < -0.3 is 14.2 Å². The molecule has 1 heterocycles. The van der Waals surface area contributed by atoms with Crippen LogP contribution in [0.1, 0.15) is 25.1 Å². The average molecular weight is 348 g/mol. The van der Waals surface area contributed by atoms with Crippen LogP contribution >= 0.6 is 11.6 Å². The van der Waals surface area contributed by atoms with Crippen molar-refractivity contribution in [3.05, 3.63) is 65.0 Å². The van der Waals surface area contributed by atoms with Gasteiger partial charge in [0.15, 0.2) is 0 Å². The van der Waals surface area contributed by atoms with Crippen LogP contribution in [0.5, 0.6) is 5.75 Å². The highest BCUT2D eigenvalue weighted by molar-refractivity contribution is 6.32. The summed E-state index contributed by atoms with van der Waals surface area (Å²) in [7, 11) is 1.63. The maximum absolute atomic E-state index is 6.64. The number of methoxy groups -OCH3 is 1. The van der Waals surface area contributed by atoms with Gasteiger partial charge in [-0.25, -0.2) is 0 Å². The van der Waals surface area contributed by atoms with Crippen molar-refractivity contribution < 1.29 is 14.2 Å². The molecule has 0 N–H and O–H groups in total. The third-order valence-electron chi connectivity index (χ3n) is 3.42. The molecule has 0 saturated carbocycles. The summed E-state index contributed by atoms with van der Waals surface area (Å²) in [5.74, 6) is -0.430. The zero-order valence-electron chi connectivity index (χ0n) is 14.2. The Morgan fingerprint density at radius 3 is 2.25 bits per heavy atom. The van der Waals surface area contributed by atoms with Crippen LogP contribution in [0, 0.1) is 0 Å². The Kier molecular flexibility index (Phi) is 6.79. The second-order valence-corrected chi connectivity index (χ2v) is 5.37. The molecule has 0 aliphatic heterocycles. The van der Waals surface area contributed by atoms with Crippen molar-refractivity contribution >= 4 is 17.7 Å². The monoisotopic (exact) mass is 347 g/mol. The van der Waals surface area contributed by atoms with Gasteiger partial charge in [0.2, 0.25) is 0 Å². The lowest BCUT2D eigenvalue weighted by Crippen LogP contribution is -2.35. The van der Waals surface area contributed by atoms with Crippen molar-refractivity contribution in [1.29, 1.82) is 0 Å². The molecule has 0 spiro atoms. The van der Waals surface area contributed by atoms with E-state index < -0.39 is 5.79 Å². The molecule has 0 atom stereocenters. The van der Waals surface area contributed by atoms with E-state index in [9.17, 15) is 0 Å². The molecule has 0 amide bonds. The molecule has 128 valence electrons. The van der Waals surface area contributed by atoms with Crippen LogP contribution in [0.2, 0.25) is 0 Å². The second-order valence-electron chi connectivity index (χ2n) is 4.96. The number of hydrogen-bond donors (Lipinski definition) is 0. The third-order valence-corrected chi connectivity index (χ3v) is 3.78. The SMILES string of the molecule is CCOC(OCC)(/C(Cl)=C/c1ccc(OC)cc1)c1ccccn1. The van der Waals surface area contributed by atoms with Gasteiger partial charge in [-0.3, -0.25) is 4.98 Å². The fraction of sp³-hybridized carbons (Fsp3) is 0.316. The van der Waals surface area contributed by atoms with Crippen molar-refractivity contribution in [3.63, 3.8) is 0 Å². The highest BCUT2D eigenvalue weighted by Crippen LogP contribution is 2.37. The van der Waals surface area contributed by atoms with E-state index in [1.54, 1.807) is 13.3 Å². The molecule has 2 aromatic rings. The summed E-state index contributed by atoms with van der Waals surface area (Å²) < 4.78 is 17.0. The Morgan fingerprint density at radius 2 is 1.75 bits per heavy atom. The summed E-state index contributed by atoms with van der Waals surface area (Å²) in [4.78, 5) is 4.38. The summed E-state index contributed by atoms with van der Waals surface area (Å²) in [5.41, 5.74) is 1.53. The van der Waals surface area contributed by atoms with Crippen molar-refractivity contribution in [3.8, 4) is 5.75 Å². The first-order valence-electron chi connectivity index (χ1n) is 7.87. The first kappa shape index (κ1) is 18.5. The molecule has 24 heavy (non-hydrogen) atoms. The fourth-order valence-electron chi connectivity index (χ4n) is 2.36. The van der Waals surface area contributed by atoms with Crippen LogP contribution in [0.4, 0.5) is 0 Å². The molecule has 0 aliphatic carbocycles. The van der Waals surface area contributed by atoms with Crippen molar-refractivity contribution in [2.45, 2.75) is 19.6 Å². The molecule has 0 radical (unpaired) electrons. The van der Waals surface area contributed by atoms with Gasteiger partial charge in [-0.05, 0) is 49.8 Å². The Morgan fingerprint density at radius 1 is 1.08 bits per heavy atom. The summed E-state index contributed by atoms with van der Waals surface area (Å²) >= 11 is 6.64. The molecule has 0 bridgehead atoms. The highest BCUT2D eigenvalue weighted by atomic mass is 35.5. The van der Waals surface area contributed by atoms with Gasteiger partial charge in [0.1, 0.15) is 11.4 Å². The molecular formula is C19H22ClNO3. The zero-order chi connectivity index (χ0) is 17.4. The second kappa shape index (κ2) is 8.83. The highest BCUT2D eigenvalue weighted by Gasteiger charge is 2.39. The van der Waals surface area contributed by atoms with E-state index in [4.69, 9.17) is 25.8 Å². The topological polar surface area (TPSA) is 40.6 Å².